The van der Waals surface area contributed by atoms with Crippen LogP contribution in [0.25, 0.3) is 28.1 Å². The smallest absolute Gasteiger partial charge is 0.422 e. The molecule has 0 aliphatic heterocycles. The monoisotopic (exact) mass is 580 g/mol. The zero-order chi connectivity index (χ0) is 30.1. The van der Waals surface area contributed by atoms with Gasteiger partial charge >= 0.3 is 12.1 Å². The highest BCUT2D eigenvalue weighted by Crippen LogP contribution is 2.36. The molecular formula is C30H17F9O2. The second-order valence-electron chi connectivity index (χ2n) is 8.69. The molecule has 0 aliphatic carbocycles. The predicted molar refractivity (Wildman–Crippen MR) is 133 cm³/mol. The fourth-order valence-corrected chi connectivity index (χ4v) is 3.95. The van der Waals surface area contributed by atoms with Gasteiger partial charge in [-0.25, -0.2) is 31.1 Å². The summed E-state index contributed by atoms with van der Waals surface area (Å²) in [4.78, 5) is 12.3. The number of hydrogen-bond acceptors (Lipinski definition) is 2. The van der Waals surface area contributed by atoms with E-state index in [0.29, 0.717) is 16.7 Å². The average molecular weight is 580 g/mol. The van der Waals surface area contributed by atoms with Crippen molar-refractivity contribution in [2.75, 3.05) is 0 Å². The van der Waals surface area contributed by atoms with Crippen LogP contribution in [-0.2, 0) is 6.18 Å². The van der Waals surface area contributed by atoms with Gasteiger partial charge in [0.2, 0.25) is 0 Å². The molecule has 41 heavy (non-hydrogen) atoms. The van der Waals surface area contributed by atoms with E-state index in [1.54, 1.807) is 24.3 Å². The molecule has 0 N–H and O–H groups in total. The van der Waals surface area contributed by atoms with Crippen molar-refractivity contribution in [3.05, 3.63) is 119 Å². The van der Waals surface area contributed by atoms with Gasteiger partial charge in [0.15, 0.2) is 5.83 Å². The first-order chi connectivity index (χ1) is 19.3. The topological polar surface area (TPSA) is 26.3 Å². The van der Waals surface area contributed by atoms with Crippen LogP contribution in [0, 0.1) is 23.3 Å². The van der Waals surface area contributed by atoms with Crippen LogP contribution in [0.1, 0.15) is 34.8 Å². The lowest BCUT2D eigenvalue weighted by Gasteiger charge is -2.12. The SMILES string of the molecule is CC/C(F)=C(\F)c1ccc(-c2ccc(-c3cc(F)c(C(=O)Oc4cc(F)c(C(F)(F)F)c(F)c4)c(F)c3)cc2)cc1. The summed E-state index contributed by atoms with van der Waals surface area (Å²) in [5.74, 6) is -11.5. The van der Waals surface area contributed by atoms with E-state index < -0.39 is 63.9 Å². The van der Waals surface area contributed by atoms with Crippen molar-refractivity contribution in [1.82, 2.24) is 0 Å². The summed E-state index contributed by atoms with van der Waals surface area (Å²) >= 11 is 0. The van der Waals surface area contributed by atoms with Crippen LogP contribution >= 0.6 is 0 Å². The molecule has 4 aromatic carbocycles. The number of ether oxygens (including phenoxy) is 1. The third-order valence-corrected chi connectivity index (χ3v) is 5.99. The number of carbonyl (C=O) groups is 1. The van der Waals surface area contributed by atoms with Gasteiger partial charge < -0.3 is 4.74 Å². The Balaban J connectivity index is 1.55. The third kappa shape index (κ3) is 6.29. The second-order valence-corrected chi connectivity index (χ2v) is 8.69. The number of carbonyl (C=O) groups excluding carboxylic acids is 1. The molecule has 0 saturated carbocycles. The first-order valence-electron chi connectivity index (χ1n) is 11.8. The Morgan fingerprint density at radius 1 is 0.683 bits per heavy atom. The Bertz CT molecular complexity index is 1590. The third-order valence-electron chi connectivity index (χ3n) is 5.99. The minimum absolute atomic E-state index is 0.00677. The number of rotatable bonds is 6. The predicted octanol–water partition coefficient (Wildman–Crippen LogP) is 9.83. The standard InChI is InChI=1S/C30H17F9O2/c1-2-21(31)28(36)18-9-7-16(8-10-18)15-3-5-17(6-4-15)19-11-22(32)26(23(33)12-19)29(40)41-20-13-24(34)27(25(35)14-20)30(37,38)39/h3-14H,2H2,1H3/b28-21+. The maximum absolute atomic E-state index is 14.8. The zero-order valence-electron chi connectivity index (χ0n) is 20.9. The highest BCUT2D eigenvalue weighted by Gasteiger charge is 2.38. The normalized spacial score (nSPS) is 12.2. The molecule has 0 radical (unpaired) electrons. The van der Waals surface area contributed by atoms with Crippen molar-refractivity contribution in [3.63, 3.8) is 0 Å². The molecule has 11 heteroatoms. The quantitative estimate of drug-likeness (QED) is 0.129. The lowest BCUT2D eigenvalue weighted by molar-refractivity contribution is -0.142. The van der Waals surface area contributed by atoms with Crippen LogP contribution in [0.5, 0.6) is 5.75 Å². The van der Waals surface area contributed by atoms with Crippen molar-refractivity contribution in [2.24, 2.45) is 0 Å². The molecule has 0 spiro atoms. The fourth-order valence-electron chi connectivity index (χ4n) is 3.95. The Kier molecular flexibility index (Phi) is 8.27. The summed E-state index contributed by atoms with van der Waals surface area (Å²) in [5.41, 5.74) is -1.74. The van der Waals surface area contributed by atoms with E-state index in [4.69, 9.17) is 0 Å². The van der Waals surface area contributed by atoms with Gasteiger partial charge in [-0.1, -0.05) is 55.5 Å². The zero-order valence-corrected chi connectivity index (χ0v) is 20.9. The van der Waals surface area contributed by atoms with Crippen molar-refractivity contribution >= 4 is 11.8 Å². The van der Waals surface area contributed by atoms with Gasteiger partial charge in [-0.2, -0.15) is 13.2 Å². The molecule has 4 rings (SSSR count). The molecular weight excluding hydrogens is 563 g/mol. The number of esters is 1. The van der Waals surface area contributed by atoms with Crippen LogP contribution in [0.4, 0.5) is 39.5 Å². The van der Waals surface area contributed by atoms with E-state index in [0.717, 1.165) is 12.1 Å². The van der Waals surface area contributed by atoms with E-state index >= 15 is 0 Å². The highest BCUT2D eigenvalue weighted by molar-refractivity contribution is 5.92. The first-order valence-corrected chi connectivity index (χ1v) is 11.8. The summed E-state index contributed by atoms with van der Waals surface area (Å²) in [6.45, 7) is 1.48. The van der Waals surface area contributed by atoms with Crippen LogP contribution < -0.4 is 4.74 Å². The summed E-state index contributed by atoms with van der Waals surface area (Å²) in [6, 6.07) is 13.9. The molecule has 0 aliphatic rings. The van der Waals surface area contributed by atoms with E-state index in [1.165, 1.54) is 31.2 Å². The van der Waals surface area contributed by atoms with Crippen molar-refractivity contribution in [3.8, 4) is 28.0 Å². The number of allylic oxidation sites excluding steroid dienone is 1. The summed E-state index contributed by atoms with van der Waals surface area (Å²) < 4.78 is 127. The molecule has 212 valence electrons. The van der Waals surface area contributed by atoms with Crippen LogP contribution in [0.15, 0.2) is 78.6 Å². The largest absolute Gasteiger partial charge is 0.423 e. The highest BCUT2D eigenvalue weighted by atomic mass is 19.4. The molecule has 2 nitrogen and oxygen atoms in total. The van der Waals surface area contributed by atoms with E-state index in [1.807, 2.05) is 0 Å². The van der Waals surface area contributed by atoms with Crippen LogP contribution in [0.2, 0.25) is 0 Å². The van der Waals surface area contributed by atoms with Crippen LogP contribution in [0.3, 0.4) is 0 Å². The van der Waals surface area contributed by atoms with Gasteiger partial charge in [-0.05, 0) is 40.8 Å². The molecule has 0 heterocycles. The number of halogens is 9. The minimum atomic E-state index is -5.36. The molecule has 0 bridgehead atoms. The van der Waals surface area contributed by atoms with Crippen molar-refractivity contribution in [1.29, 1.82) is 0 Å². The fraction of sp³-hybridized carbons (Fsp3) is 0.100. The van der Waals surface area contributed by atoms with Crippen LogP contribution in [-0.4, -0.2) is 5.97 Å². The van der Waals surface area contributed by atoms with Gasteiger partial charge in [0, 0.05) is 17.7 Å². The van der Waals surface area contributed by atoms with E-state index in [-0.39, 0.29) is 29.7 Å². The first kappa shape index (κ1) is 29.4. The molecule has 0 aromatic heterocycles. The number of hydrogen-bond donors (Lipinski definition) is 0. The summed E-state index contributed by atoms with van der Waals surface area (Å²) in [5, 5.41) is 0. The molecule has 4 aromatic rings. The maximum Gasteiger partial charge on any atom is 0.422 e. The summed E-state index contributed by atoms with van der Waals surface area (Å²) in [7, 11) is 0. The molecule has 0 saturated heterocycles. The molecule has 0 amide bonds. The Hall–Kier alpha value is -4.54. The van der Waals surface area contributed by atoms with Gasteiger partial charge in [0.05, 0.1) is 0 Å². The van der Waals surface area contributed by atoms with Gasteiger partial charge in [0.25, 0.3) is 0 Å². The second kappa shape index (κ2) is 11.5. The summed E-state index contributed by atoms with van der Waals surface area (Å²) in [6.07, 6.45) is -5.45. The van der Waals surface area contributed by atoms with Gasteiger partial charge in [-0.3, -0.25) is 0 Å². The van der Waals surface area contributed by atoms with Crippen molar-refractivity contribution in [2.45, 2.75) is 19.5 Å². The Morgan fingerprint density at radius 3 is 1.56 bits per heavy atom. The van der Waals surface area contributed by atoms with E-state index in [2.05, 4.69) is 4.74 Å². The average Bonchev–Trinajstić information content (AvgIpc) is 2.90. The lowest BCUT2D eigenvalue weighted by Crippen LogP contribution is -2.15. The van der Waals surface area contributed by atoms with Gasteiger partial charge in [0.1, 0.15) is 46.0 Å². The minimum Gasteiger partial charge on any atom is -0.423 e. The maximum atomic E-state index is 14.8. The Morgan fingerprint density at radius 2 is 1.12 bits per heavy atom. The lowest BCUT2D eigenvalue weighted by atomic mass is 9.98. The molecule has 0 unspecified atom stereocenters. The number of benzene rings is 4. The van der Waals surface area contributed by atoms with E-state index in [9.17, 15) is 44.3 Å². The molecule has 0 fully saturated rings. The number of alkyl halides is 3. The van der Waals surface area contributed by atoms with Crippen molar-refractivity contribution < 1.29 is 49.0 Å². The molecule has 0 atom stereocenters. The Labute approximate surface area is 227 Å². The van der Waals surface area contributed by atoms with Gasteiger partial charge in [-0.15, -0.1) is 0 Å².